The second-order valence-corrected chi connectivity index (χ2v) is 9.03. The highest BCUT2D eigenvalue weighted by molar-refractivity contribution is 5.85. The van der Waals surface area contributed by atoms with Crippen molar-refractivity contribution in [1.82, 2.24) is 19.7 Å². The normalized spacial score (nSPS) is 20.4. The van der Waals surface area contributed by atoms with Gasteiger partial charge in [-0.2, -0.15) is 0 Å². The second-order valence-electron chi connectivity index (χ2n) is 9.03. The van der Waals surface area contributed by atoms with Gasteiger partial charge in [0.25, 0.3) is 0 Å². The van der Waals surface area contributed by atoms with Crippen LogP contribution in [-0.4, -0.2) is 78.6 Å². The van der Waals surface area contributed by atoms with Gasteiger partial charge >= 0.3 is 6.03 Å². The highest BCUT2D eigenvalue weighted by atomic mass is 16.5. The lowest BCUT2D eigenvalue weighted by Gasteiger charge is -2.36. The molecule has 7 nitrogen and oxygen atoms in total. The smallest absolute Gasteiger partial charge is 0.320 e. The fourth-order valence-corrected chi connectivity index (χ4v) is 5.13. The van der Waals surface area contributed by atoms with Crippen molar-refractivity contribution < 1.29 is 14.3 Å². The summed E-state index contributed by atoms with van der Waals surface area (Å²) < 4.78 is 11.6. The molecule has 0 saturated carbocycles. The molecule has 0 spiro atoms. The number of ether oxygens (including phenoxy) is 2. The molecular weight excluding hydrogens is 416 g/mol. The van der Waals surface area contributed by atoms with E-state index < -0.39 is 0 Å². The molecule has 0 atom stereocenters. The largest absolute Gasteiger partial charge is 0.497 e. The van der Waals surface area contributed by atoms with E-state index >= 15 is 0 Å². The number of urea groups is 1. The molecule has 2 aromatic rings. The van der Waals surface area contributed by atoms with Crippen LogP contribution in [-0.2, 0) is 6.61 Å². The summed E-state index contributed by atoms with van der Waals surface area (Å²) in [5, 5.41) is 0. The van der Waals surface area contributed by atoms with Crippen LogP contribution >= 0.6 is 0 Å². The minimum absolute atomic E-state index is 0.190. The molecule has 2 amide bonds. The maximum atomic E-state index is 12.3. The third-order valence-corrected chi connectivity index (χ3v) is 7.06. The van der Waals surface area contributed by atoms with Gasteiger partial charge in [-0.1, -0.05) is 12.1 Å². The van der Waals surface area contributed by atoms with E-state index in [0.717, 1.165) is 85.9 Å². The Labute approximate surface area is 195 Å². The SMILES string of the molecule is COc1ccc2c(c1)C(=CCCN1CCC(N3CCN(C)C3=O)CC1)c1cccnc1CO2. The first-order chi connectivity index (χ1) is 16.1. The van der Waals surface area contributed by atoms with E-state index in [4.69, 9.17) is 9.47 Å². The minimum Gasteiger partial charge on any atom is -0.497 e. The first-order valence-electron chi connectivity index (χ1n) is 11.8. The third kappa shape index (κ3) is 4.42. The number of hydrogen-bond donors (Lipinski definition) is 0. The molecule has 2 saturated heterocycles. The number of nitrogens with zero attached hydrogens (tertiary/aromatic N) is 4. The lowest BCUT2D eigenvalue weighted by atomic mass is 9.95. The van der Waals surface area contributed by atoms with Crippen LogP contribution < -0.4 is 9.47 Å². The van der Waals surface area contributed by atoms with Crippen LogP contribution in [0, 0.1) is 0 Å². The predicted molar refractivity (Wildman–Crippen MR) is 127 cm³/mol. The summed E-state index contributed by atoms with van der Waals surface area (Å²) in [6.45, 7) is 5.24. The molecule has 0 radical (unpaired) electrons. The summed E-state index contributed by atoms with van der Waals surface area (Å²) in [5.41, 5.74) is 4.29. The average molecular weight is 449 g/mol. The monoisotopic (exact) mass is 448 g/mol. The zero-order chi connectivity index (χ0) is 22.8. The van der Waals surface area contributed by atoms with Crippen LogP contribution in [0.25, 0.3) is 5.57 Å². The van der Waals surface area contributed by atoms with Gasteiger partial charge in [0.1, 0.15) is 18.1 Å². The van der Waals surface area contributed by atoms with Crippen LogP contribution in [0.5, 0.6) is 11.5 Å². The van der Waals surface area contributed by atoms with E-state index in [1.165, 1.54) is 0 Å². The second kappa shape index (κ2) is 9.43. The summed E-state index contributed by atoms with van der Waals surface area (Å²) >= 11 is 0. The van der Waals surface area contributed by atoms with Crippen molar-refractivity contribution >= 4 is 11.6 Å². The van der Waals surface area contributed by atoms with Gasteiger partial charge in [0.2, 0.25) is 0 Å². The molecule has 0 N–H and O–H groups in total. The maximum absolute atomic E-state index is 12.3. The Kier molecular flexibility index (Phi) is 6.22. The van der Waals surface area contributed by atoms with Crippen molar-refractivity contribution in [1.29, 1.82) is 0 Å². The van der Waals surface area contributed by atoms with Crippen LogP contribution in [0.1, 0.15) is 36.1 Å². The van der Waals surface area contributed by atoms with Crippen molar-refractivity contribution in [3.8, 4) is 11.5 Å². The number of aromatic nitrogens is 1. The topological polar surface area (TPSA) is 58.1 Å². The maximum Gasteiger partial charge on any atom is 0.320 e. The van der Waals surface area contributed by atoms with Crippen molar-refractivity contribution in [3.05, 3.63) is 59.4 Å². The number of methoxy groups -OCH3 is 1. The molecular formula is C26H32N4O3. The molecule has 174 valence electrons. The summed E-state index contributed by atoms with van der Waals surface area (Å²) in [5.74, 6) is 1.68. The zero-order valence-corrected chi connectivity index (χ0v) is 19.5. The Balaban J connectivity index is 1.28. The van der Waals surface area contributed by atoms with Gasteiger partial charge < -0.3 is 24.2 Å². The summed E-state index contributed by atoms with van der Waals surface area (Å²) in [7, 11) is 3.58. The minimum atomic E-state index is 0.190. The molecule has 4 heterocycles. The van der Waals surface area contributed by atoms with Gasteiger partial charge in [0, 0.05) is 63.1 Å². The Morgan fingerprint density at radius 1 is 1.15 bits per heavy atom. The van der Waals surface area contributed by atoms with Crippen LogP contribution in [0.3, 0.4) is 0 Å². The Morgan fingerprint density at radius 3 is 2.76 bits per heavy atom. The molecule has 1 aromatic heterocycles. The highest BCUT2D eigenvalue weighted by Gasteiger charge is 2.33. The fraction of sp³-hybridized carbons (Fsp3) is 0.462. The van der Waals surface area contributed by atoms with Crippen LogP contribution in [0.15, 0.2) is 42.6 Å². The van der Waals surface area contributed by atoms with Gasteiger partial charge in [0.05, 0.1) is 12.8 Å². The number of piperidine rings is 1. The Bertz CT molecular complexity index is 1050. The number of fused-ring (bicyclic) bond motifs is 2. The molecule has 1 aromatic carbocycles. The quantitative estimate of drug-likeness (QED) is 0.699. The number of likely N-dealkylation sites (N-methyl/N-ethyl adjacent to an activating group) is 1. The molecule has 0 bridgehead atoms. The Hall–Kier alpha value is -3.06. The highest BCUT2D eigenvalue weighted by Crippen LogP contribution is 2.38. The fourth-order valence-electron chi connectivity index (χ4n) is 5.13. The van der Waals surface area contributed by atoms with Gasteiger partial charge in [0.15, 0.2) is 0 Å². The number of carbonyl (C=O) groups excluding carboxylic acids is 1. The first-order valence-corrected chi connectivity index (χ1v) is 11.8. The average Bonchev–Trinajstić information content (AvgIpc) is 3.10. The summed E-state index contributed by atoms with van der Waals surface area (Å²) in [6, 6.07) is 10.7. The van der Waals surface area contributed by atoms with Crippen molar-refractivity contribution in [3.63, 3.8) is 0 Å². The standard InChI is InChI=1S/C26H32N4O3/c1-28-15-16-30(26(28)31)19-9-13-29(14-10-19)12-4-6-21-22-5-3-11-27-24(22)18-33-25-8-7-20(32-2)17-23(21)25/h3,5-8,11,17,19H,4,9-10,12-16,18H2,1-2H3. The zero-order valence-electron chi connectivity index (χ0n) is 19.5. The number of benzene rings is 1. The Morgan fingerprint density at radius 2 is 2.00 bits per heavy atom. The number of hydrogen-bond acceptors (Lipinski definition) is 5. The molecule has 7 heteroatoms. The van der Waals surface area contributed by atoms with Crippen molar-refractivity contribution in [2.45, 2.75) is 31.9 Å². The van der Waals surface area contributed by atoms with Gasteiger partial charge in [-0.05, 0) is 49.1 Å². The number of rotatable bonds is 5. The number of carbonyl (C=O) groups is 1. The molecule has 0 unspecified atom stereocenters. The van der Waals surface area contributed by atoms with Crippen molar-refractivity contribution in [2.24, 2.45) is 0 Å². The molecule has 2 fully saturated rings. The van der Waals surface area contributed by atoms with E-state index in [2.05, 4.69) is 33.0 Å². The number of likely N-dealkylation sites (tertiary alicyclic amines) is 1. The molecule has 3 aliphatic rings. The lowest BCUT2D eigenvalue weighted by Crippen LogP contribution is -2.46. The van der Waals surface area contributed by atoms with Gasteiger partial charge in [-0.25, -0.2) is 4.79 Å². The lowest BCUT2D eigenvalue weighted by molar-refractivity contribution is 0.132. The molecule has 33 heavy (non-hydrogen) atoms. The van der Waals surface area contributed by atoms with E-state index in [-0.39, 0.29) is 6.03 Å². The summed E-state index contributed by atoms with van der Waals surface area (Å²) in [6.07, 6.45) is 7.19. The third-order valence-electron chi connectivity index (χ3n) is 7.06. The number of pyridine rings is 1. The van der Waals surface area contributed by atoms with Crippen LogP contribution in [0.2, 0.25) is 0 Å². The predicted octanol–water partition coefficient (Wildman–Crippen LogP) is 3.64. The summed E-state index contributed by atoms with van der Waals surface area (Å²) in [4.78, 5) is 23.3. The van der Waals surface area contributed by atoms with Gasteiger partial charge in [-0.15, -0.1) is 0 Å². The molecule has 5 rings (SSSR count). The van der Waals surface area contributed by atoms with Crippen LogP contribution in [0.4, 0.5) is 4.79 Å². The van der Waals surface area contributed by atoms with E-state index in [1.807, 2.05) is 36.3 Å². The van der Waals surface area contributed by atoms with E-state index in [9.17, 15) is 4.79 Å². The first kappa shape index (κ1) is 21.8. The molecule has 3 aliphatic heterocycles. The van der Waals surface area contributed by atoms with Gasteiger partial charge in [-0.3, -0.25) is 4.98 Å². The number of amides is 2. The molecule has 0 aliphatic carbocycles. The van der Waals surface area contributed by atoms with E-state index in [1.54, 1.807) is 7.11 Å². The van der Waals surface area contributed by atoms with E-state index in [0.29, 0.717) is 12.6 Å². The van der Waals surface area contributed by atoms with Crippen molar-refractivity contribution in [2.75, 3.05) is 46.9 Å².